The number of carbonyl (C=O) groups excluding carboxylic acids is 1. The van der Waals surface area contributed by atoms with Crippen LogP contribution in [0, 0.1) is 0 Å². The second-order valence-corrected chi connectivity index (χ2v) is 9.49. The first-order valence-electron chi connectivity index (χ1n) is 8.75. The van der Waals surface area contributed by atoms with Crippen molar-refractivity contribution in [1.82, 2.24) is 0 Å². The summed E-state index contributed by atoms with van der Waals surface area (Å²) >= 11 is 6.13. The zero-order valence-electron chi connectivity index (χ0n) is 14.1. The minimum Gasteiger partial charge on any atom is -0.482 e. The van der Waals surface area contributed by atoms with Gasteiger partial charge < -0.3 is 9.47 Å². The Morgan fingerprint density at radius 3 is 2.60 bits per heavy atom. The summed E-state index contributed by atoms with van der Waals surface area (Å²) in [6, 6.07) is 5.46. The van der Waals surface area contributed by atoms with E-state index in [2.05, 4.69) is 0 Å². The molecule has 2 aliphatic rings. The molecule has 0 unspecified atom stereocenters. The molecule has 7 heteroatoms. The van der Waals surface area contributed by atoms with Crippen LogP contribution in [0.4, 0.5) is 0 Å². The van der Waals surface area contributed by atoms with Crippen LogP contribution in [0.15, 0.2) is 18.2 Å². The fourth-order valence-electron chi connectivity index (χ4n) is 3.59. The van der Waals surface area contributed by atoms with Crippen LogP contribution in [-0.2, 0) is 19.4 Å². The molecule has 3 rings (SSSR count). The number of halogens is 1. The Kier molecular flexibility index (Phi) is 5.89. The van der Waals surface area contributed by atoms with E-state index >= 15 is 0 Å². The van der Waals surface area contributed by atoms with Gasteiger partial charge in [0.25, 0.3) is 0 Å². The Balaban J connectivity index is 1.60. The molecule has 0 N–H and O–H groups in total. The van der Waals surface area contributed by atoms with Crippen molar-refractivity contribution in [2.75, 3.05) is 18.1 Å². The Morgan fingerprint density at radius 2 is 1.92 bits per heavy atom. The summed E-state index contributed by atoms with van der Waals surface area (Å²) in [4.78, 5) is 12.0. The van der Waals surface area contributed by atoms with E-state index in [-0.39, 0.29) is 18.1 Å². The monoisotopic (exact) mass is 386 g/mol. The Bertz CT molecular complexity index is 725. The summed E-state index contributed by atoms with van der Waals surface area (Å²) in [6.07, 6.45) is 5.64. The van der Waals surface area contributed by atoms with Crippen molar-refractivity contribution in [1.29, 1.82) is 0 Å². The van der Waals surface area contributed by atoms with Crippen LogP contribution in [-0.4, -0.2) is 38.6 Å². The molecule has 0 bridgehead atoms. The van der Waals surface area contributed by atoms with E-state index in [0.29, 0.717) is 23.1 Å². The van der Waals surface area contributed by atoms with Gasteiger partial charge in [-0.25, -0.2) is 13.2 Å². The van der Waals surface area contributed by atoms with Crippen LogP contribution in [0.2, 0.25) is 5.02 Å². The quantitative estimate of drug-likeness (QED) is 0.724. The summed E-state index contributed by atoms with van der Waals surface area (Å²) in [5, 5.41) is 0.659. The minimum atomic E-state index is -3.07. The lowest BCUT2D eigenvalue weighted by Gasteiger charge is -2.24. The fraction of sp³-hybridized carbons (Fsp3) is 0.611. The maximum Gasteiger partial charge on any atom is 0.344 e. The van der Waals surface area contributed by atoms with E-state index in [0.717, 1.165) is 18.4 Å². The highest BCUT2D eigenvalue weighted by molar-refractivity contribution is 7.91. The van der Waals surface area contributed by atoms with Gasteiger partial charge in [-0.3, -0.25) is 0 Å². The molecule has 25 heavy (non-hydrogen) atoms. The third-order valence-corrected chi connectivity index (χ3v) is 6.82. The van der Waals surface area contributed by atoms with E-state index in [9.17, 15) is 13.2 Å². The lowest BCUT2D eigenvalue weighted by Crippen LogP contribution is -2.24. The summed E-state index contributed by atoms with van der Waals surface area (Å²) in [6.45, 7) is -0.224. The van der Waals surface area contributed by atoms with Gasteiger partial charge in [0.05, 0.1) is 11.5 Å². The number of carbonyl (C=O) groups is 1. The van der Waals surface area contributed by atoms with Crippen molar-refractivity contribution >= 4 is 27.4 Å². The molecule has 2 fully saturated rings. The molecule has 0 aromatic heterocycles. The number of esters is 1. The van der Waals surface area contributed by atoms with Crippen LogP contribution in [0.1, 0.15) is 50.0 Å². The van der Waals surface area contributed by atoms with Gasteiger partial charge in [-0.2, -0.15) is 0 Å². The molecule has 1 saturated heterocycles. The van der Waals surface area contributed by atoms with Crippen molar-refractivity contribution in [3.63, 3.8) is 0 Å². The number of hydrogen-bond acceptors (Lipinski definition) is 5. The molecule has 138 valence electrons. The molecular formula is C18H23ClO5S. The SMILES string of the molecule is O=C(COc1ccc(Cl)cc1C1CCCCC1)O[C@@H]1CCS(=O)(=O)C1. The first-order chi connectivity index (χ1) is 11.9. The smallest absolute Gasteiger partial charge is 0.344 e. The van der Waals surface area contributed by atoms with E-state index in [1.54, 1.807) is 12.1 Å². The second-order valence-electron chi connectivity index (χ2n) is 6.82. The third-order valence-electron chi connectivity index (χ3n) is 4.85. The van der Waals surface area contributed by atoms with E-state index in [4.69, 9.17) is 21.1 Å². The summed E-state index contributed by atoms with van der Waals surface area (Å²) < 4.78 is 33.7. The van der Waals surface area contributed by atoms with Crippen molar-refractivity contribution in [2.24, 2.45) is 0 Å². The number of sulfone groups is 1. The molecule has 5 nitrogen and oxygen atoms in total. The number of hydrogen-bond donors (Lipinski definition) is 0. The molecule has 1 atom stereocenters. The maximum atomic E-state index is 12.0. The third kappa shape index (κ3) is 5.11. The van der Waals surface area contributed by atoms with Gasteiger partial charge in [-0.15, -0.1) is 0 Å². The average Bonchev–Trinajstić information content (AvgIpc) is 2.93. The van der Waals surface area contributed by atoms with E-state index in [1.165, 1.54) is 19.3 Å². The number of benzene rings is 1. The summed E-state index contributed by atoms with van der Waals surface area (Å²) in [7, 11) is -3.07. The predicted octanol–water partition coefficient (Wildman–Crippen LogP) is 3.50. The van der Waals surface area contributed by atoms with Gasteiger partial charge in [-0.1, -0.05) is 30.9 Å². The van der Waals surface area contributed by atoms with Crippen LogP contribution in [0.25, 0.3) is 0 Å². The zero-order valence-corrected chi connectivity index (χ0v) is 15.7. The molecule has 1 aromatic carbocycles. The van der Waals surface area contributed by atoms with Crippen LogP contribution in [0.3, 0.4) is 0 Å². The Morgan fingerprint density at radius 1 is 1.16 bits per heavy atom. The lowest BCUT2D eigenvalue weighted by molar-refractivity contribution is -0.150. The molecule has 1 saturated carbocycles. The largest absolute Gasteiger partial charge is 0.482 e. The zero-order chi connectivity index (χ0) is 17.9. The maximum absolute atomic E-state index is 12.0. The highest BCUT2D eigenvalue weighted by Crippen LogP contribution is 2.38. The molecule has 1 heterocycles. The van der Waals surface area contributed by atoms with Crippen LogP contribution in [0.5, 0.6) is 5.75 Å². The topological polar surface area (TPSA) is 69.7 Å². The molecule has 0 radical (unpaired) electrons. The van der Waals surface area contributed by atoms with E-state index < -0.39 is 21.9 Å². The summed E-state index contributed by atoms with van der Waals surface area (Å²) in [5.74, 6) is 0.513. The lowest BCUT2D eigenvalue weighted by atomic mass is 9.84. The van der Waals surface area contributed by atoms with Crippen molar-refractivity contribution < 1.29 is 22.7 Å². The molecule has 1 aliphatic carbocycles. The Labute approximate surface area is 153 Å². The standard InChI is InChI=1S/C18H23ClO5S/c19-14-6-7-17(16(10-14)13-4-2-1-3-5-13)23-11-18(20)24-15-8-9-25(21,22)12-15/h6-7,10,13,15H,1-5,8-9,11-12H2/t15-/m1/s1. The average molecular weight is 387 g/mol. The second kappa shape index (κ2) is 7.96. The molecule has 1 aromatic rings. The molecule has 1 aliphatic heterocycles. The first-order valence-corrected chi connectivity index (χ1v) is 10.9. The Hall–Kier alpha value is -1.27. The van der Waals surface area contributed by atoms with E-state index in [1.807, 2.05) is 6.07 Å². The highest BCUT2D eigenvalue weighted by Gasteiger charge is 2.30. The first kappa shape index (κ1) is 18.5. The van der Waals surface area contributed by atoms with Crippen molar-refractivity contribution in [3.8, 4) is 5.75 Å². The molecular weight excluding hydrogens is 364 g/mol. The normalized spacial score (nSPS) is 23.3. The van der Waals surface area contributed by atoms with Gasteiger partial charge in [0.1, 0.15) is 11.9 Å². The number of ether oxygens (including phenoxy) is 2. The van der Waals surface area contributed by atoms with Crippen LogP contribution < -0.4 is 4.74 Å². The van der Waals surface area contributed by atoms with Crippen molar-refractivity contribution in [3.05, 3.63) is 28.8 Å². The summed E-state index contributed by atoms with van der Waals surface area (Å²) in [5.41, 5.74) is 1.04. The molecule has 0 spiro atoms. The van der Waals surface area contributed by atoms with Gasteiger partial charge >= 0.3 is 5.97 Å². The van der Waals surface area contributed by atoms with Gasteiger partial charge in [0, 0.05) is 5.02 Å². The van der Waals surface area contributed by atoms with Gasteiger partial charge in [0.15, 0.2) is 16.4 Å². The molecule has 0 amide bonds. The highest BCUT2D eigenvalue weighted by atomic mass is 35.5. The fourth-order valence-corrected chi connectivity index (χ4v) is 5.36. The van der Waals surface area contributed by atoms with Gasteiger partial charge in [0.2, 0.25) is 0 Å². The number of rotatable bonds is 5. The van der Waals surface area contributed by atoms with Gasteiger partial charge in [-0.05, 0) is 48.9 Å². The van der Waals surface area contributed by atoms with Crippen molar-refractivity contribution in [2.45, 2.75) is 50.5 Å². The van der Waals surface area contributed by atoms with Crippen LogP contribution >= 0.6 is 11.6 Å². The minimum absolute atomic E-state index is 0.0782. The predicted molar refractivity (Wildman–Crippen MR) is 95.9 cm³/mol.